The molecule has 2 N–H and O–H groups in total. The van der Waals surface area contributed by atoms with Crippen LogP contribution in [0.3, 0.4) is 0 Å². The van der Waals surface area contributed by atoms with E-state index in [1.807, 2.05) is 6.08 Å². The zero-order chi connectivity index (χ0) is 14.3. The first kappa shape index (κ1) is 13.9. The normalized spacial score (nSPS) is 28.0. The highest BCUT2D eigenvalue weighted by atomic mass is 35.5. The van der Waals surface area contributed by atoms with E-state index in [0.717, 1.165) is 5.56 Å². The number of ether oxygens (including phenoxy) is 1. The summed E-state index contributed by atoms with van der Waals surface area (Å²) in [5.41, 5.74) is 7.17. The van der Waals surface area contributed by atoms with Crippen molar-refractivity contribution >= 4 is 23.2 Å². The average molecular weight is 314 g/mol. The molecule has 0 bridgehead atoms. The van der Waals surface area contributed by atoms with Gasteiger partial charge in [0.1, 0.15) is 17.7 Å². The van der Waals surface area contributed by atoms with Crippen LogP contribution < -0.4 is 10.5 Å². The smallest absolute Gasteiger partial charge is 0.127 e. The van der Waals surface area contributed by atoms with E-state index >= 15 is 0 Å². The molecule has 3 atom stereocenters. The lowest BCUT2D eigenvalue weighted by Crippen LogP contribution is -2.24. The van der Waals surface area contributed by atoms with E-state index in [0.29, 0.717) is 29.3 Å². The largest absolute Gasteiger partial charge is 0.488 e. The molecule has 0 spiro atoms. The number of nitrogens with two attached hydrogens (primary N) is 1. The van der Waals surface area contributed by atoms with Crippen LogP contribution in [0.25, 0.3) is 0 Å². The Kier molecular flexibility index (Phi) is 3.76. The van der Waals surface area contributed by atoms with Crippen molar-refractivity contribution in [3.63, 3.8) is 0 Å². The molecule has 1 aromatic carbocycles. The molecule has 1 aliphatic carbocycles. The second-order valence-electron chi connectivity index (χ2n) is 5.02. The van der Waals surface area contributed by atoms with Crippen molar-refractivity contribution < 1.29 is 9.13 Å². The monoisotopic (exact) mass is 313 g/mol. The first-order valence-electron chi connectivity index (χ1n) is 6.47. The number of alkyl halides is 1. The van der Waals surface area contributed by atoms with E-state index in [1.54, 1.807) is 12.2 Å². The lowest BCUT2D eigenvalue weighted by molar-refractivity contribution is 0.239. The van der Waals surface area contributed by atoms with Gasteiger partial charge in [-0.05, 0) is 18.2 Å². The van der Waals surface area contributed by atoms with Crippen LogP contribution in [-0.2, 0) is 6.42 Å². The topological polar surface area (TPSA) is 35.2 Å². The summed E-state index contributed by atoms with van der Waals surface area (Å²) in [5, 5.41) is 0.263. The van der Waals surface area contributed by atoms with Crippen LogP contribution in [0.2, 0.25) is 0 Å². The van der Waals surface area contributed by atoms with Gasteiger partial charge in [-0.2, -0.15) is 0 Å². The summed E-state index contributed by atoms with van der Waals surface area (Å²) in [6.45, 7) is 0.397. The van der Waals surface area contributed by atoms with Crippen LogP contribution in [0.5, 0.6) is 5.75 Å². The number of rotatable bonds is 2. The SMILES string of the molecule is NC[C@H]1Cc2cc(F)cc(C3C(Cl)=CC=CC3Cl)c2O1. The van der Waals surface area contributed by atoms with Crippen LogP contribution in [-0.4, -0.2) is 18.0 Å². The highest BCUT2D eigenvalue weighted by molar-refractivity contribution is 6.32. The summed E-state index contributed by atoms with van der Waals surface area (Å²) in [5.74, 6) is 0.0894. The summed E-state index contributed by atoms with van der Waals surface area (Å²) in [7, 11) is 0. The molecule has 1 aromatic rings. The lowest BCUT2D eigenvalue weighted by atomic mass is 9.89. The molecule has 0 fully saturated rings. The van der Waals surface area contributed by atoms with Crippen molar-refractivity contribution in [2.45, 2.75) is 23.8 Å². The Morgan fingerprint density at radius 1 is 1.40 bits per heavy atom. The number of hydrogen-bond acceptors (Lipinski definition) is 2. The molecule has 0 saturated carbocycles. The third-order valence-electron chi connectivity index (χ3n) is 3.66. The molecule has 0 saturated heterocycles. The van der Waals surface area contributed by atoms with Crippen molar-refractivity contribution in [3.05, 3.63) is 52.3 Å². The average Bonchev–Trinajstić information content (AvgIpc) is 2.81. The van der Waals surface area contributed by atoms with Gasteiger partial charge < -0.3 is 10.5 Å². The van der Waals surface area contributed by atoms with E-state index in [1.165, 1.54) is 12.1 Å². The maximum atomic E-state index is 13.9. The van der Waals surface area contributed by atoms with E-state index in [2.05, 4.69) is 0 Å². The Hall–Kier alpha value is -1.03. The molecule has 106 valence electrons. The van der Waals surface area contributed by atoms with Gasteiger partial charge in [0.05, 0.1) is 5.38 Å². The van der Waals surface area contributed by atoms with Gasteiger partial charge in [0, 0.05) is 35.0 Å². The second kappa shape index (κ2) is 5.40. The fourth-order valence-electron chi connectivity index (χ4n) is 2.73. The summed E-state index contributed by atoms with van der Waals surface area (Å²) in [6.07, 6.45) is 5.93. The van der Waals surface area contributed by atoms with Crippen LogP contribution in [0, 0.1) is 5.82 Å². The third-order valence-corrected chi connectivity index (χ3v) is 4.41. The molecule has 3 rings (SSSR count). The number of fused-ring (bicyclic) bond motifs is 1. The van der Waals surface area contributed by atoms with E-state index in [4.69, 9.17) is 33.7 Å². The predicted molar refractivity (Wildman–Crippen MR) is 79.0 cm³/mol. The van der Waals surface area contributed by atoms with Crippen LogP contribution in [0.4, 0.5) is 4.39 Å². The summed E-state index contributed by atoms with van der Waals surface area (Å²) >= 11 is 12.6. The summed E-state index contributed by atoms with van der Waals surface area (Å²) in [6, 6.07) is 2.95. The van der Waals surface area contributed by atoms with Crippen LogP contribution in [0.1, 0.15) is 17.0 Å². The van der Waals surface area contributed by atoms with Gasteiger partial charge in [-0.1, -0.05) is 23.8 Å². The minimum absolute atomic E-state index is 0.110. The Labute approximate surface area is 127 Å². The number of hydrogen-bond donors (Lipinski definition) is 1. The van der Waals surface area contributed by atoms with Crippen molar-refractivity contribution in [1.82, 2.24) is 0 Å². The Morgan fingerprint density at radius 3 is 2.90 bits per heavy atom. The number of benzene rings is 1. The molecule has 1 aliphatic heterocycles. The minimum atomic E-state index is -0.320. The zero-order valence-corrected chi connectivity index (χ0v) is 12.2. The Balaban J connectivity index is 2.07. The van der Waals surface area contributed by atoms with Gasteiger partial charge in [0.2, 0.25) is 0 Å². The molecule has 1 heterocycles. The van der Waals surface area contributed by atoms with Gasteiger partial charge in [0.15, 0.2) is 0 Å². The van der Waals surface area contributed by atoms with E-state index in [-0.39, 0.29) is 23.2 Å². The number of halogens is 3. The summed E-state index contributed by atoms with van der Waals surface area (Å²) in [4.78, 5) is 0. The molecule has 0 radical (unpaired) electrons. The minimum Gasteiger partial charge on any atom is -0.488 e. The first-order valence-corrected chi connectivity index (χ1v) is 7.28. The van der Waals surface area contributed by atoms with Gasteiger partial charge in [0.25, 0.3) is 0 Å². The highest BCUT2D eigenvalue weighted by Crippen LogP contribution is 2.44. The molecular formula is C15H14Cl2FNO. The van der Waals surface area contributed by atoms with Crippen molar-refractivity contribution in [2.75, 3.05) is 6.54 Å². The quantitative estimate of drug-likeness (QED) is 0.848. The Morgan fingerprint density at radius 2 is 2.20 bits per heavy atom. The fraction of sp³-hybridized carbons (Fsp3) is 0.333. The molecule has 5 heteroatoms. The van der Waals surface area contributed by atoms with Crippen molar-refractivity contribution in [1.29, 1.82) is 0 Å². The standard InChI is InChI=1S/C15H14Cl2FNO/c16-12-2-1-3-13(17)14(12)11-6-9(18)4-8-5-10(7-19)20-15(8)11/h1-4,6,10,12,14H,5,7,19H2/t10-,12?,14?/m1/s1. The van der Waals surface area contributed by atoms with Gasteiger partial charge in [-0.3, -0.25) is 0 Å². The van der Waals surface area contributed by atoms with E-state index < -0.39 is 0 Å². The number of allylic oxidation sites excluding steroid dienone is 4. The van der Waals surface area contributed by atoms with E-state index in [9.17, 15) is 4.39 Å². The predicted octanol–water partition coefficient (Wildman–Crippen LogP) is 3.47. The second-order valence-corrected chi connectivity index (χ2v) is 5.96. The lowest BCUT2D eigenvalue weighted by Gasteiger charge is -2.24. The zero-order valence-electron chi connectivity index (χ0n) is 10.7. The van der Waals surface area contributed by atoms with Crippen LogP contribution in [0.15, 0.2) is 35.4 Å². The molecular weight excluding hydrogens is 300 g/mol. The molecule has 2 unspecified atom stereocenters. The fourth-order valence-corrected chi connectivity index (χ4v) is 3.47. The molecule has 2 aliphatic rings. The van der Waals surface area contributed by atoms with Gasteiger partial charge in [-0.15, -0.1) is 11.6 Å². The highest BCUT2D eigenvalue weighted by Gasteiger charge is 2.33. The van der Waals surface area contributed by atoms with Crippen LogP contribution >= 0.6 is 23.2 Å². The van der Waals surface area contributed by atoms with Crippen molar-refractivity contribution in [3.8, 4) is 5.75 Å². The maximum Gasteiger partial charge on any atom is 0.127 e. The first-order chi connectivity index (χ1) is 9.60. The van der Waals surface area contributed by atoms with Gasteiger partial charge in [-0.25, -0.2) is 4.39 Å². The molecule has 0 amide bonds. The Bertz CT molecular complexity index is 600. The maximum absolute atomic E-state index is 13.9. The molecule has 2 nitrogen and oxygen atoms in total. The van der Waals surface area contributed by atoms with Gasteiger partial charge >= 0.3 is 0 Å². The summed E-state index contributed by atoms with van der Waals surface area (Å²) < 4.78 is 19.7. The van der Waals surface area contributed by atoms with Crippen molar-refractivity contribution in [2.24, 2.45) is 5.73 Å². The third kappa shape index (κ3) is 2.34. The molecule has 0 aromatic heterocycles. The molecule has 20 heavy (non-hydrogen) atoms.